The summed E-state index contributed by atoms with van der Waals surface area (Å²) in [5, 5.41) is 0. The fourth-order valence-electron chi connectivity index (χ4n) is 3.31. The molecule has 2 heterocycles. The lowest BCUT2D eigenvalue weighted by Gasteiger charge is -2.45. The van der Waals surface area contributed by atoms with Crippen LogP contribution in [0.4, 0.5) is 0 Å². The highest BCUT2D eigenvalue weighted by molar-refractivity contribution is 4.92. The highest BCUT2D eigenvalue weighted by Crippen LogP contribution is 2.38. The molecule has 0 saturated carbocycles. The standard InChI is InChI=1S/C14H28N2O3/c1-2-17-7-4-13(16-15)12-3-8-19-14(11-12)5-9-18-10-6-14/h12-13,16H,2-11,15H2,1H3. The Balaban J connectivity index is 1.87. The van der Waals surface area contributed by atoms with Gasteiger partial charge in [-0.1, -0.05) is 0 Å². The summed E-state index contributed by atoms with van der Waals surface area (Å²) in [5.74, 6) is 6.31. The number of ether oxygens (including phenoxy) is 3. The van der Waals surface area contributed by atoms with Crippen molar-refractivity contribution in [2.45, 2.75) is 50.7 Å². The van der Waals surface area contributed by atoms with E-state index >= 15 is 0 Å². The van der Waals surface area contributed by atoms with E-state index in [1.165, 1.54) is 0 Å². The molecule has 0 bridgehead atoms. The van der Waals surface area contributed by atoms with Crippen molar-refractivity contribution in [2.24, 2.45) is 11.8 Å². The number of hydrogen-bond donors (Lipinski definition) is 2. The molecule has 5 nitrogen and oxygen atoms in total. The Bertz CT molecular complexity index is 252. The summed E-state index contributed by atoms with van der Waals surface area (Å²) in [4.78, 5) is 0. The maximum absolute atomic E-state index is 6.08. The van der Waals surface area contributed by atoms with E-state index in [1.54, 1.807) is 0 Å². The molecule has 0 aromatic heterocycles. The average Bonchev–Trinajstić information content (AvgIpc) is 2.44. The van der Waals surface area contributed by atoms with Crippen molar-refractivity contribution >= 4 is 0 Å². The van der Waals surface area contributed by atoms with Gasteiger partial charge in [-0.05, 0) is 44.9 Å². The second kappa shape index (κ2) is 7.55. The third kappa shape index (κ3) is 4.13. The molecule has 0 aliphatic carbocycles. The summed E-state index contributed by atoms with van der Waals surface area (Å²) in [7, 11) is 0. The molecule has 2 unspecified atom stereocenters. The summed E-state index contributed by atoms with van der Waals surface area (Å²) in [5.41, 5.74) is 3.03. The lowest BCUT2D eigenvalue weighted by atomic mass is 9.77. The van der Waals surface area contributed by atoms with E-state index in [9.17, 15) is 0 Å². The monoisotopic (exact) mass is 272 g/mol. The minimum Gasteiger partial charge on any atom is -0.382 e. The number of hydrazine groups is 1. The number of rotatable bonds is 6. The molecule has 2 aliphatic rings. The van der Waals surface area contributed by atoms with Crippen LogP contribution in [0.2, 0.25) is 0 Å². The van der Waals surface area contributed by atoms with Gasteiger partial charge in [0.2, 0.25) is 0 Å². The van der Waals surface area contributed by atoms with Gasteiger partial charge in [-0.3, -0.25) is 11.3 Å². The van der Waals surface area contributed by atoms with Crippen molar-refractivity contribution in [3.8, 4) is 0 Å². The molecule has 112 valence electrons. The van der Waals surface area contributed by atoms with Crippen molar-refractivity contribution in [3.63, 3.8) is 0 Å². The van der Waals surface area contributed by atoms with Gasteiger partial charge >= 0.3 is 0 Å². The first-order valence-corrected chi connectivity index (χ1v) is 7.55. The molecule has 2 saturated heterocycles. The van der Waals surface area contributed by atoms with Gasteiger partial charge in [-0.25, -0.2) is 0 Å². The minimum atomic E-state index is 0.0435. The van der Waals surface area contributed by atoms with Crippen LogP contribution in [-0.4, -0.2) is 44.7 Å². The molecule has 2 rings (SSSR count). The van der Waals surface area contributed by atoms with Crippen LogP contribution >= 0.6 is 0 Å². The van der Waals surface area contributed by atoms with Crippen LogP contribution in [0.15, 0.2) is 0 Å². The van der Waals surface area contributed by atoms with Gasteiger partial charge < -0.3 is 14.2 Å². The SMILES string of the molecule is CCOCCC(NN)C1CCOC2(CCOCC2)C1. The van der Waals surface area contributed by atoms with Crippen LogP contribution in [0.25, 0.3) is 0 Å². The maximum Gasteiger partial charge on any atom is 0.0729 e. The first-order valence-electron chi connectivity index (χ1n) is 7.55. The third-order valence-electron chi connectivity index (χ3n) is 4.50. The smallest absolute Gasteiger partial charge is 0.0729 e. The number of hydrogen-bond acceptors (Lipinski definition) is 5. The summed E-state index contributed by atoms with van der Waals surface area (Å²) in [6.45, 7) is 6.07. The minimum absolute atomic E-state index is 0.0435. The largest absolute Gasteiger partial charge is 0.382 e. The van der Waals surface area contributed by atoms with E-state index in [1.807, 2.05) is 6.92 Å². The molecule has 0 aromatic carbocycles. The second-order valence-electron chi connectivity index (χ2n) is 5.66. The topological polar surface area (TPSA) is 65.7 Å². The molecule has 0 amide bonds. The van der Waals surface area contributed by atoms with Crippen LogP contribution in [0.1, 0.15) is 39.0 Å². The van der Waals surface area contributed by atoms with Crippen molar-refractivity contribution in [3.05, 3.63) is 0 Å². The van der Waals surface area contributed by atoms with E-state index in [0.717, 1.165) is 65.1 Å². The zero-order chi connectivity index (χ0) is 13.6. The Labute approximate surface area is 116 Å². The second-order valence-corrected chi connectivity index (χ2v) is 5.66. The summed E-state index contributed by atoms with van der Waals surface area (Å²) < 4.78 is 17.0. The van der Waals surface area contributed by atoms with Crippen LogP contribution in [0.3, 0.4) is 0 Å². The Morgan fingerprint density at radius 1 is 1.37 bits per heavy atom. The van der Waals surface area contributed by atoms with E-state index < -0.39 is 0 Å². The molecule has 0 aromatic rings. The van der Waals surface area contributed by atoms with Gasteiger partial charge in [0.15, 0.2) is 0 Å². The Hall–Kier alpha value is -0.200. The van der Waals surface area contributed by atoms with E-state index in [4.69, 9.17) is 20.1 Å². The molecule has 2 fully saturated rings. The van der Waals surface area contributed by atoms with Gasteiger partial charge in [0.1, 0.15) is 0 Å². The Kier molecular flexibility index (Phi) is 6.04. The Morgan fingerprint density at radius 2 is 2.16 bits per heavy atom. The predicted molar refractivity (Wildman–Crippen MR) is 73.7 cm³/mol. The molecule has 3 N–H and O–H groups in total. The Morgan fingerprint density at radius 3 is 2.84 bits per heavy atom. The van der Waals surface area contributed by atoms with Crippen LogP contribution < -0.4 is 11.3 Å². The molecule has 19 heavy (non-hydrogen) atoms. The fraction of sp³-hybridized carbons (Fsp3) is 1.00. The lowest BCUT2D eigenvalue weighted by molar-refractivity contribution is -0.150. The lowest BCUT2D eigenvalue weighted by Crippen LogP contribution is -2.51. The highest BCUT2D eigenvalue weighted by atomic mass is 16.5. The van der Waals surface area contributed by atoms with Crippen molar-refractivity contribution in [1.82, 2.24) is 5.43 Å². The van der Waals surface area contributed by atoms with Gasteiger partial charge in [-0.2, -0.15) is 0 Å². The molecule has 0 radical (unpaired) electrons. The van der Waals surface area contributed by atoms with Gasteiger partial charge in [0, 0.05) is 39.1 Å². The molecule has 5 heteroatoms. The van der Waals surface area contributed by atoms with E-state index in [2.05, 4.69) is 5.43 Å². The van der Waals surface area contributed by atoms with Crippen molar-refractivity contribution in [2.75, 3.05) is 33.0 Å². The number of nitrogens with one attached hydrogen (secondary N) is 1. The predicted octanol–water partition coefficient (Wildman–Crippen LogP) is 1.22. The summed E-state index contributed by atoms with van der Waals surface area (Å²) in [6.07, 6.45) is 5.20. The highest BCUT2D eigenvalue weighted by Gasteiger charge is 2.40. The first kappa shape index (κ1) is 15.2. The average molecular weight is 272 g/mol. The molecular weight excluding hydrogens is 244 g/mol. The first-order chi connectivity index (χ1) is 9.29. The van der Waals surface area contributed by atoms with Gasteiger partial charge in [0.25, 0.3) is 0 Å². The van der Waals surface area contributed by atoms with Crippen LogP contribution in [-0.2, 0) is 14.2 Å². The molecule has 2 atom stereocenters. The fourth-order valence-corrected chi connectivity index (χ4v) is 3.31. The van der Waals surface area contributed by atoms with E-state index in [-0.39, 0.29) is 5.60 Å². The third-order valence-corrected chi connectivity index (χ3v) is 4.50. The molecule has 1 spiro atoms. The van der Waals surface area contributed by atoms with Gasteiger partial charge in [0.05, 0.1) is 5.60 Å². The van der Waals surface area contributed by atoms with Crippen LogP contribution in [0, 0.1) is 5.92 Å². The molecular formula is C14H28N2O3. The van der Waals surface area contributed by atoms with E-state index in [0.29, 0.717) is 12.0 Å². The zero-order valence-corrected chi connectivity index (χ0v) is 12.0. The van der Waals surface area contributed by atoms with Gasteiger partial charge in [-0.15, -0.1) is 0 Å². The molecule has 2 aliphatic heterocycles. The van der Waals surface area contributed by atoms with Crippen molar-refractivity contribution < 1.29 is 14.2 Å². The number of nitrogens with two attached hydrogens (primary N) is 1. The summed E-state index contributed by atoms with van der Waals surface area (Å²) in [6, 6.07) is 0.329. The zero-order valence-electron chi connectivity index (χ0n) is 12.0. The summed E-state index contributed by atoms with van der Waals surface area (Å²) >= 11 is 0. The van der Waals surface area contributed by atoms with Crippen molar-refractivity contribution in [1.29, 1.82) is 0 Å². The quantitative estimate of drug-likeness (QED) is 0.432. The maximum atomic E-state index is 6.08. The van der Waals surface area contributed by atoms with Crippen LogP contribution in [0.5, 0.6) is 0 Å². The normalized spacial score (nSPS) is 28.4.